The quantitative estimate of drug-likeness (QED) is 0.854. The molecule has 2 nitrogen and oxygen atoms in total. The predicted molar refractivity (Wildman–Crippen MR) is 62.4 cm³/mol. The summed E-state index contributed by atoms with van der Waals surface area (Å²) in [7, 11) is 0. The van der Waals surface area contributed by atoms with Gasteiger partial charge >= 0.3 is 0 Å². The number of benzene rings is 1. The van der Waals surface area contributed by atoms with E-state index >= 15 is 0 Å². The molecule has 1 unspecified atom stereocenters. The van der Waals surface area contributed by atoms with Crippen LogP contribution in [0.2, 0.25) is 0 Å². The molecule has 2 atom stereocenters. The van der Waals surface area contributed by atoms with E-state index in [-0.39, 0.29) is 11.4 Å². The maximum absolute atomic E-state index is 13.2. The molecule has 3 rings (SSSR count). The number of aliphatic hydroxyl groups is 1. The van der Waals surface area contributed by atoms with E-state index in [1.807, 2.05) is 6.92 Å². The average molecular weight is 236 g/mol. The molecular formula is C14H17FO2. The van der Waals surface area contributed by atoms with Gasteiger partial charge in [0.1, 0.15) is 17.2 Å². The van der Waals surface area contributed by atoms with E-state index < -0.39 is 6.10 Å². The van der Waals surface area contributed by atoms with Gasteiger partial charge in [-0.2, -0.15) is 0 Å². The first-order valence-electron chi connectivity index (χ1n) is 6.22. The summed E-state index contributed by atoms with van der Waals surface area (Å²) in [5.74, 6) is 0.917. The smallest absolute Gasteiger partial charge is 0.128 e. The molecule has 0 saturated heterocycles. The first-order chi connectivity index (χ1) is 8.06. The van der Waals surface area contributed by atoms with Crippen molar-refractivity contribution in [3.05, 3.63) is 29.6 Å². The van der Waals surface area contributed by atoms with Gasteiger partial charge in [-0.3, -0.25) is 0 Å². The number of aliphatic hydroxyl groups excluding tert-OH is 1. The molecule has 1 saturated carbocycles. The van der Waals surface area contributed by atoms with Gasteiger partial charge < -0.3 is 9.84 Å². The van der Waals surface area contributed by atoms with Crippen molar-refractivity contribution in [1.29, 1.82) is 0 Å². The Morgan fingerprint density at radius 3 is 2.94 bits per heavy atom. The summed E-state index contributed by atoms with van der Waals surface area (Å²) in [4.78, 5) is 0. The second-order valence-electron chi connectivity index (χ2n) is 5.60. The van der Waals surface area contributed by atoms with E-state index in [1.54, 1.807) is 6.07 Å². The predicted octanol–water partition coefficient (Wildman–Crippen LogP) is 3.20. The lowest BCUT2D eigenvalue weighted by molar-refractivity contribution is -0.0107. The van der Waals surface area contributed by atoms with Crippen molar-refractivity contribution in [2.24, 2.45) is 5.92 Å². The first kappa shape index (κ1) is 11.0. The number of hydrogen-bond donors (Lipinski definition) is 1. The van der Waals surface area contributed by atoms with E-state index in [1.165, 1.54) is 25.0 Å². The molecule has 0 spiro atoms. The molecular weight excluding hydrogens is 219 g/mol. The molecule has 1 heterocycles. The highest BCUT2D eigenvalue weighted by atomic mass is 19.1. The van der Waals surface area contributed by atoms with Crippen LogP contribution in [0.3, 0.4) is 0 Å². The molecule has 92 valence electrons. The summed E-state index contributed by atoms with van der Waals surface area (Å²) >= 11 is 0. The van der Waals surface area contributed by atoms with Gasteiger partial charge in [0.25, 0.3) is 0 Å². The van der Waals surface area contributed by atoms with Crippen molar-refractivity contribution < 1.29 is 14.2 Å². The molecule has 0 radical (unpaired) electrons. The summed E-state index contributed by atoms with van der Waals surface area (Å²) in [5.41, 5.74) is 0.362. The minimum Gasteiger partial charge on any atom is -0.487 e. The third-order valence-corrected chi connectivity index (χ3v) is 3.73. The van der Waals surface area contributed by atoms with Crippen molar-refractivity contribution in [3.8, 4) is 5.75 Å². The topological polar surface area (TPSA) is 29.5 Å². The molecule has 1 N–H and O–H groups in total. The highest BCUT2D eigenvalue weighted by Crippen LogP contribution is 2.46. The zero-order valence-corrected chi connectivity index (χ0v) is 9.95. The zero-order valence-electron chi connectivity index (χ0n) is 9.95. The molecule has 0 bridgehead atoms. The molecule has 0 amide bonds. The van der Waals surface area contributed by atoms with E-state index in [0.29, 0.717) is 17.7 Å². The van der Waals surface area contributed by atoms with Gasteiger partial charge in [0, 0.05) is 18.1 Å². The minimum absolute atomic E-state index is 0.313. The lowest BCUT2D eigenvalue weighted by Gasteiger charge is -2.38. The molecule has 1 fully saturated rings. The zero-order chi connectivity index (χ0) is 12.0. The van der Waals surface area contributed by atoms with Crippen LogP contribution in [-0.2, 0) is 0 Å². The summed E-state index contributed by atoms with van der Waals surface area (Å²) in [5, 5.41) is 10.1. The van der Waals surface area contributed by atoms with E-state index in [0.717, 1.165) is 12.3 Å². The number of halogens is 1. The summed E-state index contributed by atoms with van der Waals surface area (Å²) < 4.78 is 19.1. The molecule has 1 aliphatic carbocycles. The van der Waals surface area contributed by atoms with Gasteiger partial charge in [0.05, 0.1) is 6.10 Å². The average Bonchev–Trinajstić information content (AvgIpc) is 2.99. The Morgan fingerprint density at radius 1 is 1.47 bits per heavy atom. The minimum atomic E-state index is -0.539. The van der Waals surface area contributed by atoms with Gasteiger partial charge in [0.15, 0.2) is 0 Å². The lowest BCUT2D eigenvalue weighted by Crippen LogP contribution is -2.38. The van der Waals surface area contributed by atoms with Gasteiger partial charge in [-0.1, -0.05) is 12.8 Å². The van der Waals surface area contributed by atoms with Crippen LogP contribution in [0.1, 0.15) is 44.3 Å². The molecule has 1 aliphatic heterocycles. The SMILES string of the molecule is CC1(CC2CC2)C[C@H](O)c2ccc(F)cc2O1. The van der Waals surface area contributed by atoms with E-state index in [2.05, 4.69) is 0 Å². The monoisotopic (exact) mass is 236 g/mol. The molecule has 2 aliphatic rings. The van der Waals surface area contributed by atoms with Crippen LogP contribution in [0.25, 0.3) is 0 Å². The Bertz CT molecular complexity index is 442. The van der Waals surface area contributed by atoms with Crippen molar-refractivity contribution >= 4 is 0 Å². The largest absolute Gasteiger partial charge is 0.487 e. The highest BCUT2D eigenvalue weighted by Gasteiger charge is 2.40. The molecule has 1 aromatic rings. The number of rotatable bonds is 2. The fourth-order valence-corrected chi connectivity index (χ4v) is 2.76. The van der Waals surface area contributed by atoms with Crippen LogP contribution in [-0.4, -0.2) is 10.7 Å². The van der Waals surface area contributed by atoms with Crippen molar-refractivity contribution in [1.82, 2.24) is 0 Å². The van der Waals surface area contributed by atoms with E-state index in [4.69, 9.17) is 4.74 Å². The van der Waals surface area contributed by atoms with Gasteiger partial charge in [-0.15, -0.1) is 0 Å². The maximum atomic E-state index is 13.2. The lowest BCUT2D eigenvalue weighted by atomic mass is 9.86. The fraction of sp³-hybridized carbons (Fsp3) is 0.571. The number of hydrogen-bond acceptors (Lipinski definition) is 2. The van der Waals surface area contributed by atoms with Gasteiger partial charge in [0.2, 0.25) is 0 Å². The van der Waals surface area contributed by atoms with Crippen LogP contribution < -0.4 is 4.74 Å². The second kappa shape index (κ2) is 3.70. The van der Waals surface area contributed by atoms with Crippen molar-refractivity contribution in [2.45, 2.75) is 44.3 Å². The first-order valence-corrected chi connectivity index (χ1v) is 6.22. The molecule has 1 aromatic carbocycles. The third-order valence-electron chi connectivity index (χ3n) is 3.73. The molecule has 17 heavy (non-hydrogen) atoms. The third kappa shape index (κ3) is 2.16. The Hall–Kier alpha value is -1.09. The Balaban J connectivity index is 1.89. The molecule has 3 heteroatoms. The summed E-state index contributed by atoms with van der Waals surface area (Å²) in [6.45, 7) is 2.02. The van der Waals surface area contributed by atoms with Crippen LogP contribution in [0.4, 0.5) is 4.39 Å². The van der Waals surface area contributed by atoms with Crippen LogP contribution >= 0.6 is 0 Å². The van der Waals surface area contributed by atoms with Gasteiger partial charge in [-0.25, -0.2) is 4.39 Å². The number of fused-ring (bicyclic) bond motifs is 1. The molecule has 0 aromatic heterocycles. The van der Waals surface area contributed by atoms with Gasteiger partial charge in [-0.05, 0) is 31.4 Å². The van der Waals surface area contributed by atoms with Crippen LogP contribution in [0.5, 0.6) is 5.75 Å². The Kier molecular flexibility index (Phi) is 2.40. The van der Waals surface area contributed by atoms with E-state index in [9.17, 15) is 9.50 Å². The normalized spacial score (nSPS) is 31.8. The Labute approximate surface area is 100 Å². The van der Waals surface area contributed by atoms with Crippen LogP contribution in [0.15, 0.2) is 18.2 Å². The highest BCUT2D eigenvalue weighted by molar-refractivity contribution is 5.38. The maximum Gasteiger partial charge on any atom is 0.128 e. The van der Waals surface area contributed by atoms with Crippen molar-refractivity contribution in [3.63, 3.8) is 0 Å². The fourth-order valence-electron chi connectivity index (χ4n) is 2.76. The standard InChI is InChI=1S/C14H17FO2/c1-14(7-9-2-3-9)8-12(16)11-5-4-10(15)6-13(11)17-14/h4-6,9,12,16H,2-3,7-8H2,1H3/t12-,14?/m0/s1. The Morgan fingerprint density at radius 2 is 2.24 bits per heavy atom. The summed E-state index contributed by atoms with van der Waals surface area (Å²) in [6, 6.07) is 4.36. The number of ether oxygens (including phenoxy) is 1. The summed E-state index contributed by atoms with van der Waals surface area (Å²) in [6.07, 6.45) is 3.53. The van der Waals surface area contributed by atoms with Crippen molar-refractivity contribution in [2.75, 3.05) is 0 Å². The second-order valence-corrected chi connectivity index (χ2v) is 5.60. The van der Waals surface area contributed by atoms with Crippen LogP contribution in [0, 0.1) is 11.7 Å².